The topological polar surface area (TPSA) is 97.0 Å². The highest BCUT2D eigenvalue weighted by Gasteiger charge is 2.17. The van der Waals surface area contributed by atoms with Gasteiger partial charge in [0, 0.05) is 31.9 Å². The van der Waals surface area contributed by atoms with E-state index in [0.717, 1.165) is 17.8 Å². The Balaban J connectivity index is 1.53. The van der Waals surface area contributed by atoms with E-state index in [4.69, 9.17) is 9.47 Å². The number of hydrogen-bond acceptors (Lipinski definition) is 6. The number of nitrogens with zero attached hydrogens (tertiary/aromatic N) is 1. The molecule has 1 amide bonds. The highest BCUT2D eigenvalue weighted by Crippen LogP contribution is 2.18. The number of rotatable bonds is 10. The zero-order valence-corrected chi connectivity index (χ0v) is 17.8. The van der Waals surface area contributed by atoms with Crippen molar-refractivity contribution >= 4 is 21.6 Å². The van der Waals surface area contributed by atoms with Gasteiger partial charge in [-0.1, -0.05) is 12.1 Å². The Hall–Kier alpha value is -2.62. The summed E-state index contributed by atoms with van der Waals surface area (Å²) in [5.41, 5.74) is 1.77. The predicted octanol–water partition coefficient (Wildman–Crippen LogP) is 1.52. The number of hydrogen-bond donors (Lipinski definition) is 2. The van der Waals surface area contributed by atoms with Crippen molar-refractivity contribution in [3.8, 4) is 5.75 Å². The summed E-state index contributed by atoms with van der Waals surface area (Å²) in [6.07, 6.45) is 0. The Morgan fingerprint density at radius 3 is 2.47 bits per heavy atom. The van der Waals surface area contributed by atoms with Crippen LogP contribution in [-0.2, 0) is 26.1 Å². The molecular formula is C21H27N3O5S. The van der Waals surface area contributed by atoms with Gasteiger partial charge in [0.2, 0.25) is 15.9 Å². The molecule has 30 heavy (non-hydrogen) atoms. The molecule has 0 radical (unpaired) electrons. The molecule has 2 aromatic rings. The summed E-state index contributed by atoms with van der Waals surface area (Å²) < 4.78 is 38.4. The Labute approximate surface area is 177 Å². The van der Waals surface area contributed by atoms with E-state index in [0.29, 0.717) is 38.7 Å². The van der Waals surface area contributed by atoms with E-state index in [1.165, 1.54) is 12.1 Å². The molecule has 1 fully saturated rings. The first-order chi connectivity index (χ1) is 14.5. The Morgan fingerprint density at radius 1 is 1.07 bits per heavy atom. The van der Waals surface area contributed by atoms with E-state index >= 15 is 0 Å². The second-order valence-corrected chi connectivity index (χ2v) is 8.55. The molecule has 162 valence electrons. The van der Waals surface area contributed by atoms with Gasteiger partial charge in [-0.15, -0.1) is 0 Å². The van der Waals surface area contributed by atoms with Gasteiger partial charge in [-0.05, 0) is 48.9 Å². The van der Waals surface area contributed by atoms with Crippen molar-refractivity contribution in [1.82, 2.24) is 10.0 Å². The van der Waals surface area contributed by atoms with Crippen LogP contribution in [0.3, 0.4) is 0 Å². The van der Waals surface area contributed by atoms with Gasteiger partial charge in [-0.3, -0.25) is 4.79 Å². The van der Waals surface area contributed by atoms with E-state index in [-0.39, 0.29) is 17.3 Å². The fourth-order valence-corrected chi connectivity index (χ4v) is 4.04. The Bertz CT molecular complexity index is 930. The molecule has 0 saturated carbocycles. The normalized spacial score (nSPS) is 14.4. The summed E-state index contributed by atoms with van der Waals surface area (Å²) in [6, 6.07) is 13.8. The lowest BCUT2D eigenvalue weighted by Crippen LogP contribution is -2.47. The van der Waals surface area contributed by atoms with Crippen LogP contribution < -0.4 is 19.7 Å². The maximum Gasteiger partial charge on any atom is 0.240 e. The van der Waals surface area contributed by atoms with Crippen molar-refractivity contribution in [1.29, 1.82) is 0 Å². The maximum absolute atomic E-state index is 12.5. The fraction of sp³-hybridized carbons (Fsp3) is 0.381. The number of sulfonamides is 1. The number of amides is 1. The van der Waals surface area contributed by atoms with E-state index in [1.807, 2.05) is 36.1 Å². The molecule has 0 unspecified atom stereocenters. The van der Waals surface area contributed by atoms with E-state index in [2.05, 4.69) is 10.0 Å². The first-order valence-electron chi connectivity index (χ1n) is 9.89. The lowest BCUT2D eigenvalue weighted by atomic mass is 10.2. The van der Waals surface area contributed by atoms with Gasteiger partial charge in [-0.2, -0.15) is 0 Å². The smallest absolute Gasteiger partial charge is 0.240 e. The summed E-state index contributed by atoms with van der Waals surface area (Å²) in [5.74, 6) is 0.597. The number of carbonyl (C=O) groups excluding carboxylic acids is 1. The average Bonchev–Trinajstić information content (AvgIpc) is 2.76. The first-order valence-corrected chi connectivity index (χ1v) is 11.4. The largest absolute Gasteiger partial charge is 0.491 e. The minimum Gasteiger partial charge on any atom is -0.491 e. The minimum absolute atomic E-state index is 0.00352. The number of benzene rings is 2. The van der Waals surface area contributed by atoms with Crippen molar-refractivity contribution in [2.45, 2.75) is 18.4 Å². The summed E-state index contributed by atoms with van der Waals surface area (Å²) in [7, 11) is -3.64. The molecule has 0 aliphatic carbocycles. The summed E-state index contributed by atoms with van der Waals surface area (Å²) >= 11 is 0. The monoisotopic (exact) mass is 433 g/mol. The molecule has 1 aliphatic heterocycles. The zero-order valence-electron chi connectivity index (χ0n) is 17.0. The molecule has 1 heterocycles. The van der Waals surface area contributed by atoms with Gasteiger partial charge < -0.3 is 19.7 Å². The van der Waals surface area contributed by atoms with Crippen LogP contribution in [0.4, 0.5) is 5.69 Å². The van der Waals surface area contributed by atoms with Gasteiger partial charge in [0.05, 0.1) is 18.0 Å². The standard InChI is InChI=1S/C21H27N3O5S/c1-2-28-13-14-29-19-7-9-20(10-8-19)30(26,27)23-15-17-3-5-18(6-4-17)24-12-11-22-21(25)16-24/h3-10,23H,2,11-16H2,1H3,(H,22,25). The molecule has 0 bridgehead atoms. The molecule has 8 nitrogen and oxygen atoms in total. The molecule has 2 N–H and O–H groups in total. The lowest BCUT2D eigenvalue weighted by molar-refractivity contribution is -0.120. The molecule has 3 rings (SSSR count). The number of nitrogens with one attached hydrogen (secondary N) is 2. The van der Waals surface area contributed by atoms with E-state index in [1.54, 1.807) is 12.1 Å². The highest BCUT2D eigenvalue weighted by atomic mass is 32.2. The van der Waals surface area contributed by atoms with Crippen LogP contribution in [0.2, 0.25) is 0 Å². The number of ether oxygens (including phenoxy) is 2. The second-order valence-electron chi connectivity index (χ2n) is 6.78. The molecule has 1 aliphatic rings. The minimum atomic E-state index is -3.64. The highest BCUT2D eigenvalue weighted by molar-refractivity contribution is 7.89. The van der Waals surface area contributed by atoms with Crippen LogP contribution in [0.15, 0.2) is 53.4 Å². The quantitative estimate of drug-likeness (QED) is 0.552. The lowest BCUT2D eigenvalue weighted by Gasteiger charge is -2.28. The van der Waals surface area contributed by atoms with Gasteiger partial charge >= 0.3 is 0 Å². The third kappa shape index (κ3) is 6.19. The summed E-state index contributed by atoms with van der Waals surface area (Å²) in [6.45, 7) is 5.32. The fourth-order valence-electron chi connectivity index (χ4n) is 3.02. The average molecular weight is 434 g/mol. The van der Waals surface area contributed by atoms with Crippen LogP contribution in [-0.4, -0.2) is 53.8 Å². The van der Waals surface area contributed by atoms with Crippen molar-refractivity contribution in [2.75, 3.05) is 44.4 Å². The summed E-state index contributed by atoms with van der Waals surface area (Å²) in [4.78, 5) is 13.7. The van der Waals surface area contributed by atoms with Crippen LogP contribution in [0, 0.1) is 0 Å². The maximum atomic E-state index is 12.5. The molecule has 0 aromatic heterocycles. The Kier molecular flexibility index (Phi) is 7.67. The number of anilines is 1. The van der Waals surface area contributed by atoms with Crippen molar-refractivity contribution in [3.63, 3.8) is 0 Å². The third-order valence-corrected chi connectivity index (χ3v) is 6.06. The van der Waals surface area contributed by atoms with E-state index in [9.17, 15) is 13.2 Å². The molecule has 0 spiro atoms. The number of carbonyl (C=O) groups is 1. The second kappa shape index (κ2) is 10.4. The van der Waals surface area contributed by atoms with Crippen molar-refractivity contribution < 1.29 is 22.7 Å². The molecule has 9 heteroatoms. The van der Waals surface area contributed by atoms with Gasteiger partial charge in [-0.25, -0.2) is 13.1 Å². The molecule has 1 saturated heterocycles. The predicted molar refractivity (Wildman–Crippen MR) is 114 cm³/mol. The van der Waals surface area contributed by atoms with Gasteiger partial charge in [0.1, 0.15) is 12.4 Å². The van der Waals surface area contributed by atoms with Crippen molar-refractivity contribution in [3.05, 3.63) is 54.1 Å². The van der Waals surface area contributed by atoms with Crippen molar-refractivity contribution in [2.24, 2.45) is 0 Å². The zero-order chi connectivity index (χ0) is 21.4. The first kappa shape index (κ1) is 22.1. The SMILES string of the molecule is CCOCCOc1ccc(S(=O)(=O)NCc2ccc(N3CCNC(=O)C3)cc2)cc1. The molecule has 2 aromatic carbocycles. The Morgan fingerprint density at radius 2 is 1.80 bits per heavy atom. The number of piperazine rings is 1. The van der Waals surface area contributed by atoms with E-state index < -0.39 is 10.0 Å². The third-order valence-electron chi connectivity index (χ3n) is 4.64. The van der Waals surface area contributed by atoms with Gasteiger partial charge in [0.15, 0.2) is 0 Å². The van der Waals surface area contributed by atoms with Crippen LogP contribution in [0.5, 0.6) is 5.75 Å². The van der Waals surface area contributed by atoms with Gasteiger partial charge in [0.25, 0.3) is 0 Å². The molecule has 0 atom stereocenters. The van der Waals surface area contributed by atoms with Crippen LogP contribution in [0.1, 0.15) is 12.5 Å². The molecular weight excluding hydrogens is 406 g/mol. The van der Waals surface area contributed by atoms with Crippen LogP contribution in [0.25, 0.3) is 0 Å². The van der Waals surface area contributed by atoms with Crippen LogP contribution >= 0.6 is 0 Å². The summed E-state index contributed by atoms with van der Waals surface area (Å²) in [5, 5.41) is 2.79.